The number of nitrogens with zero attached hydrogens (tertiary/aromatic N) is 7. The normalized spacial score (nSPS) is 21.7. The molecule has 2 fully saturated rings. The lowest BCUT2D eigenvalue weighted by Crippen LogP contribution is -2.41. The zero-order valence-corrected chi connectivity index (χ0v) is 23.7. The van der Waals surface area contributed by atoms with Gasteiger partial charge in [-0.05, 0) is 73.9 Å². The van der Waals surface area contributed by atoms with Gasteiger partial charge in [0.2, 0.25) is 0 Å². The van der Waals surface area contributed by atoms with Crippen LogP contribution in [-0.2, 0) is 7.05 Å². The van der Waals surface area contributed by atoms with Crippen molar-refractivity contribution in [3.8, 4) is 6.07 Å². The molecule has 1 aromatic carbocycles. The lowest BCUT2D eigenvalue weighted by molar-refractivity contribution is -0.0909. The predicted molar refractivity (Wildman–Crippen MR) is 150 cm³/mol. The summed E-state index contributed by atoms with van der Waals surface area (Å²) in [6, 6.07) is 7.64. The summed E-state index contributed by atoms with van der Waals surface area (Å²) in [7, 11) is 1.88. The second-order valence-electron chi connectivity index (χ2n) is 12.0. The second kappa shape index (κ2) is 10.4. The maximum absolute atomic E-state index is 14.4. The molecular formula is C31H33F4N7. The highest BCUT2D eigenvalue weighted by Gasteiger charge is 2.44. The zero-order valence-electron chi connectivity index (χ0n) is 23.7. The third kappa shape index (κ3) is 5.24. The van der Waals surface area contributed by atoms with Crippen molar-refractivity contribution >= 4 is 5.69 Å². The van der Waals surface area contributed by atoms with Gasteiger partial charge in [0.25, 0.3) is 0 Å². The van der Waals surface area contributed by atoms with E-state index in [0.717, 1.165) is 30.7 Å². The molecule has 42 heavy (non-hydrogen) atoms. The Kier molecular flexibility index (Phi) is 7.00. The Balaban J connectivity index is 1.35. The van der Waals surface area contributed by atoms with Gasteiger partial charge in [-0.3, -0.25) is 4.90 Å². The van der Waals surface area contributed by atoms with Crippen molar-refractivity contribution in [3.63, 3.8) is 0 Å². The average molecular weight is 580 g/mol. The van der Waals surface area contributed by atoms with Gasteiger partial charge in [0.15, 0.2) is 0 Å². The van der Waals surface area contributed by atoms with E-state index in [1.807, 2.05) is 28.6 Å². The van der Waals surface area contributed by atoms with Gasteiger partial charge in [-0.25, -0.2) is 4.39 Å². The molecule has 1 aromatic heterocycles. The molecule has 0 radical (unpaired) electrons. The highest BCUT2D eigenvalue weighted by atomic mass is 19.4. The van der Waals surface area contributed by atoms with E-state index in [-0.39, 0.29) is 18.2 Å². The van der Waals surface area contributed by atoms with Crippen LogP contribution in [0.2, 0.25) is 0 Å². The van der Waals surface area contributed by atoms with E-state index in [4.69, 9.17) is 0 Å². The van der Waals surface area contributed by atoms with Crippen LogP contribution in [0.3, 0.4) is 0 Å². The quantitative estimate of drug-likeness (QED) is 0.377. The minimum Gasteiger partial charge on any atom is -0.320 e. The maximum Gasteiger partial charge on any atom is 0.418 e. The average Bonchev–Trinajstić information content (AvgIpc) is 3.48. The van der Waals surface area contributed by atoms with Crippen molar-refractivity contribution in [1.82, 2.24) is 24.6 Å². The van der Waals surface area contributed by atoms with Gasteiger partial charge in [0.05, 0.1) is 22.9 Å². The third-order valence-electron chi connectivity index (χ3n) is 8.93. The van der Waals surface area contributed by atoms with E-state index < -0.39 is 17.4 Å². The summed E-state index contributed by atoms with van der Waals surface area (Å²) in [4.78, 5) is 5.06. The first-order chi connectivity index (χ1) is 19.9. The molecule has 6 rings (SSSR count). The molecule has 0 N–H and O–H groups in total. The molecule has 1 saturated carbocycles. The number of alkyl halides is 4. The lowest BCUT2D eigenvalue weighted by Gasteiger charge is -2.35. The first-order valence-electron chi connectivity index (χ1n) is 14.2. The molecule has 1 unspecified atom stereocenters. The summed E-state index contributed by atoms with van der Waals surface area (Å²) in [6.45, 7) is 6.96. The van der Waals surface area contributed by atoms with Crippen molar-refractivity contribution in [2.75, 3.05) is 24.5 Å². The number of aryl methyl sites for hydroxylation is 1. The Morgan fingerprint density at radius 1 is 1.14 bits per heavy atom. The topological polar surface area (TPSA) is 64.2 Å². The molecule has 1 atom stereocenters. The molecule has 1 aliphatic carbocycles. The number of nitriles is 1. The highest BCUT2D eigenvalue weighted by molar-refractivity contribution is 5.66. The number of piperidine rings is 1. The molecule has 4 aliphatic rings. The fraction of sp³-hybridized carbons (Fsp3) is 0.452. The van der Waals surface area contributed by atoms with E-state index >= 15 is 0 Å². The number of hydrogen-bond donors (Lipinski definition) is 0. The van der Waals surface area contributed by atoms with Crippen LogP contribution in [0.1, 0.15) is 61.9 Å². The third-order valence-corrected chi connectivity index (χ3v) is 8.93. The van der Waals surface area contributed by atoms with Crippen LogP contribution < -0.4 is 4.90 Å². The van der Waals surface area contributed by atoms with Gasteiger partial charge in [0, 0.05) is 50.7 Å². The Morgan fingerprint density at radius 2 is 1.88 bits per heavy atom. The van der Waals surface area contributed by atoms with Crippen LogP contribution in [0, 0.1) is 17.2 Å². The van der Waals surface area contributed by atoms with Crippen molar-refractivity contribution < 1.29 is 17.6 Å². The number of likely N-dealkylation sites (tertiary alicyclic amines) is 1. The summed E-state index contributed by atoms with van der Waals surface area (Å²) < 4.78 is 59.3. The maximum atomic E-state index is 14.4. The Morgan fingerprint density at radius 3 is 2.48 bits per heavy atom. The fourth-order valence-corrected chi connectivity index (χ4v) is 6.29. The van der Waals surface area contributed by atoms with Crippen LogP contribution in [0.4, 0.5) is 23.2 Å². The molecular weight excluding hydrogens is 546 g/mol. The molecule has 4 heterocycles. The Labute approximate surface area is 242 Å². The van der Waals surface area contributed by atoms with Gasteiger partial charge in [-0.2, -0.15) is 18.4 Å². The number of allylic oxidation sites excluding steroid dienone is 1. The van der Waals surface area contributed by atoms with Gasteiger partial charge in [-0.1, -0.05) is 13.0 Å². The van der Waals surface area contributed by atoms with Crippen LogP contribution in [0.25, 0.3) is 0 Å². The number of aromatic nitrogens is 3. The molecule has 7 nitrogen and oxygen atoms in total. The largest absolute Gasteiger partial charge is 0.418 e. The molecule has 1 saturated heterocycles. The van der Waals surface area contributed by atoms with E-state index in [2.05, 4.69) is 22.8 Å². The SMILES string of the molecule is C=C1N2C=C(CN3CCC(C)(F)CC3)C=C(C(F)(F)F)C2=CN1c1cc(C#N)cc(C(c2nncn2C)C2CCC2)c1. The molecule has 11 heteroatoms. The lowest BCUT2D eigenvalue weighted by atomic mass is 9.72. The number of hydrogen-bond acceptors (Lipinski definition) is 6. The second-order valence-corrected chi connectivity index (χ2v) is 12.0. The van der Waals surface area contributed by atoms with E-state index in [1.54, 1.807) is 30.4 Å². The first kappa shape index (κ1) is 28.2. The van der Waals surface area contributed by atoms with E-state index in [0.29, 0.717) is 54.5 Å². The predicted octanol–water partition coefficient (Wildman–Crippen LogP) is 6.26. The van der Waals surface area contributed by atoms with Crippen molar-refractivity contribution in [2.24, 2.45) is 13.0 Å². The minimum atomic E-state index is -4.60. The monoisotopic (exact) mass is 579 g/mol. The van der Waals surface area contributed by atoms with Crippen LogP contribution in [0.15, 0.2) is 72.2 Å². The van der Waals surface area contributed by atoms with Gasteiger partial charge < -0.3 is 14.4 Å². The summed E-state index contributed by atoms with van der Waals surface area (Å²) in [5, 5.41) is 18.3. The summed E-state index contributed by atoms with van der Waals surface area (Å²) >= 11 is 0. The first-order valence-corrected chi connectivity index (χ1v) is 14.2. The molecule has 0 bridgehead atoms. The summed E-state index contributed by atoms with van der Waals surface area (Å²) in [5.74, 6) is 1.35. The van der Waals surface area contributed by atoms with Gasteiger partial charge in [0.1, 0.15) is 23.6 Å². The molecule has 3 aliphatic heterocycles. The number of anilines is 1. The van der Waals surface area contributed by atoms with Crippen LogP contribution >= 0.6 is 0 Å². The zero-order chi connectivity index (χ0) is 29.8. The number of rotatable bonds is 6. The number of benzene rings is 1. The smallest absolute Gasteiger partial charge is 0.320 e. The van der Waals surface area contributed by atoms with Crippen molar-refractivity contribution in [3.05, 3.63) is 89.2 Å². The van der Waals surface area contributed by atoms with E-state index in [1.165, 1.54) is 17.2 Å². The number of halogens is 4. The van der Waals surface area contributed by atoms with E-state index in [9.17, 15) is 22.8 Å². The van der Waals surface area contributed by atoms with Gasteiger partial charge in [-0.15, -0.1) is 10.2 Å². The Bertz CT molecular complexity index is 1530. The highest BCUT2D eigenvalue weighted by Crippen LogP contribution is 2.46. The fourth-order valence-electron chi connectivity index (χ4n) is 6.29. The van der Waals surface area contributed by atoms with Crippen LogP contribution in [0.5, 0.6) is 0 Å². The molecule has 0 amide bonds. The summed E-state index contributed by atoms with van der Waals surface area (Å²) in [6.07, 6.45) is 5.19. The molecule has 220 valence electrons. The Hall–Kier alpha value is -3.91. The van der Waals surface area contributed by atoms with Crippen molar-refractivity contribution in [2.45, 2.75) is 56.8 Å². The molecule has 2 aromatic rings. The summed E-state index contributed by atoms with van der Waals surface area (Å²) in [5.41, 5.74) is 0.260. The van der Waals surface area contributed by atoms with Gasteiger partial charge >= 0.3 is 6.18 Å². The standard InChI is InChI=1S/C31H33F4N7/c1-20-41(25-12-21(15-36)11-24(14-25)28(23-5-4-6-23)29-38-37-19-39(29)3)18-27-26(31(33,34)35)13-22(17-42(20)27)16-40-9-7-30(2,32)8-10-40/h11-14,17-19,23,28H,1,4-10,16H2,2-3H3. The molecule has 0 spiro atoms. The van der Waals surface area contributed by atoms with Crippen LogP contribution in [-0.4, -0.2) is 56.0 Å². The van der Waals surface area contributed by atoms with Crippen molar-refractivity contribution in [1.29, 1.82) is 5.26 Å². The number of fused-ring (bicyclic) bond motifs is 1. The minimum absolute atomic E-state index is 0.0287.